The summed E-state index contributed by atoms with van der Waals surface area (Å²) in [5.74, 6) is 0.920. The molecule has 4 amide bonds. The molecule has 14 heteroatoms. The number of ether oxygens (including phenoxy) is 2. The number of benzene rings is 2. The first-order chi connectivity index (χ1) is 28.1. The van der Waals surface area contributed by atoms with E-state index in [0.29, 0.717) is 37.8 Å². The van der Waals surface area contributed by atoms with Gasteiger partial charge in [0.2, 0.25) is 11.8 Å². The molecule has 2 aromatic heterocycles. The van der Waals surface area contributed by atoms with E-state index in [0.717, 1.165) is 66.6 Å². The average Bonchev–Trinajstić information content (AvgIpc) is 3.91. The summed E-state index contributed by atoms with van der Waals surface area (Å²) in [4.78, 5) is 67.7. The van der Waals surface area contributed by atoms with Crippen molar-refractivity contribution < 1.29 is 28.7 Å². The second-order valence-corrected chi connectivity index (χ2v) is 14.1. The third kappa shape index (κ3) is 13.8. The molecular weight excluding hydrogens is 737 g/mol. The molecule has 14 nitrogen and oxygen atoms in total. The number of amides is 4. The molecule has 0 spiro atoms. The van der Waals surface area contributed by atoms with Crippen molar-refractivity contribution in [1.82, 2.24) is 40.4 Å². The van der Waals surface area contributed by atoms with E-state index < -0.39 is 12.2 Å². The van der Waals surface area contributed by atoms with Gasteiger partial charge in [-0.15, -0.1) is 0 Å². The number of aromatic nitrogens is 4. The van der Waals surface area contributed by atoms with Crippen LogP contribution in [0.5, 0.6) is 0 Å². The second kappa shape index (κ2) is 24.9. The maximum absolute atomic E-state index is 12.8. The van der Waals surface area contributed by atoms with Gasteiger partial charge in [-0.1, -0.05) is 90.8 Å². The summed E-state index contributed by atoms with van der Waals surface area (Å²) in [6.45, 7) is 13.9. The van der Waals surface area contributed by atoms with Crippen molar-refractivity contribution >= 4 is 24.0 Å². The van der Waals surface area contributed by atoms with Gasteiger partial charge in [-0.05, 0) is 66.3 Å². The molecule has 2 heterocycles. The number of carbonyl (C=O) groups excluding carboxylic acids is 4. The smallest absolute Gasteiger partial charge is 0.407 e. The van der Waals surface area contributed by atoms with Crippen LogP contribution < -0.4 is 10.6 Å². The van der Waals surface area contributed by atoms with E-state index in [1.165, 1.54) is 43.8 Å². The van der Waals surface area contributed by atoms with E-state index in [-0.39, 0.29) is 24.9 Å². The number of nitrogens with one attached hydrogen (secondary N) is 4. The first kappa shape index (κ1) is 46.7. The minimum Gasteiger partial charge on any atom is -0.453 e. The van der Waals surface area contributed by atoms with Gasteiger partial charge in [0, 0.05) is 18.7 Å². The molecular formula is C44H64N8O6. The highest BCUT2D eigenvalue weighted by Gasteiger charge is 2.22. The Balaban J connectivity index is 0.00000141. The molecule has 316 valence electrons. The van der Waals surface area contributed by atoms with Crippen molar-refractivity contribution in [2.75, 3.05) is 40.4 Å². The molecule has 0 saturated heterocycles. The number of aromatic amines is 2. The molecule has 0 bridgehead atoms. The Morgan fingerprint density at radius 2 is 1.03 bits per heavy atom. The SMILES string of the molecule is CCC.CCC.CCCN(Cc1ncc(-c2ccc(-c3ccc(-c4cnc(CN(CCC)C(=O)CNC(=O)OC)[nH]4)c4c3CCCC4)cc2)[nH]1)C(=O)CNC(=O)OC. The number of rotatable bonds is 15. The summed E-state index contributed by atoms with van der Waals surface area (Å²) in [6.07, 6.45) is 10.6. The summed E-state index contributed by atoms with van der Waals surface area (Å²) in [7, 11) is 2.52. The fourth-order valence-electron chi connectivity index (χ4n) is 6.54. The fraction of sp³-hybridized carbons (Fsp3) is 0.500. The van der Waals surface area contributed by atoms with Gasteiger partial charge < -0.3 is 39.9 Å². The maximum Gasteiger partial charge on any atom is 0.407 e. The van der Waals surface area contributed by atoms with Crippen molar-refractivity contribution in [3.63, 3.8) is 0 Å². The van der Waals surface area contributed by atoms with E-state index in [2.05, 4.69) is 104 Å². The summed E-state index contributed by atoms with van der Waals surface area (Å²) in [5, 5.41) is 4.91. The number of hydrogen-bond acceptors (Lipinski definition) is 8. The Bertz CT molecular complexity index is 1880. The lowest BCUT2D eigenvalue weighted by molar-refractivity contribution is -0.131. The summed E-state index contributed by atoms with van der Waals surface area (Å²) in [5.41, 5.74) is 8.87. The Morgan fingerprint density at radius 3 is 1.50 bits per heavy atom. The quantitative estimate of drug-likeness (QED) is 0.0935. The van der Waals surface area contributed by atoms with Gasteiger partial charge >= 0.3 is 12.2 Å². The number of imidazole rings is 2. The van der Waals surface area contributed by atoms with Gasteiger partial charge in [0.15, 0.2) is 0 Å². The monoisotopic (exact) mass is 800 g/mol. The van der Waals surface area contributed by atoms with Crippen molar-refractivity contribution in [2.45, 2.75) is 106 Å². The number of fused-ring (bicyclic) bond motifs is 1. The predicted molar refractivity (Wildman–Crippen MR) is 228 cm³/mol. The molecule has 4 aromatic rings. The molecule has 2 aromatic carbocycles. The van der Waals surface area contributed by atoms with Gasteiger partial charge in [0.1, 0.15) is 24.7 Å². The molecule has 0 atom stereocenters. The van der Waals surface area contributed by atoms with Crippen LogP contribution in [0.4, 0.5) is 9.59 Å². The number of methoxy groups -OCH3 is 2. The third-order valence-electron chi connectivity index (χ3n) is 9.10. The zero-order valence-corrected chi connectivity index (χ0v) is 35.8. The lowest BCUT2D eigenvalue weighted by Gasteiger charge is -2.23. The van der Waals surface area contributed by atoms with E-state index >= 15 is 0 Å². The molecule has 0 saturated carbocycles. The number of H-pyrrole nitrogens is 2. The molecule has 5 rings (SSSR count). The largest absolute Gasteiger partial charge is 0.453 e. The lowest BCUT2D eigenvalue weighted by Crippen LogP contribution is -2.40. The van der Waals surface area contributed by atoms with Crippen LogP contribution in [0, 0.1) is 0 Å². The zero-order valence-electron chi connectivity index (χ0n) is 35.8. The third-order valence-corrected chi connectivity index (χ3v) is 9.10. The first-order valence-corrected chi connectivity index (χ1v) is 20.6. The van der Waals surface area contributed by atoms with Crippen molar-refractivity contribution in [3.8, 4) is 33.6 Å². The minimum absolute atomic E-state index is 0.141. The van der Waals surface area contributed by atoms with Crippen LogP contribution in [-0.4, -0.2) is 94.1 Å². The molecule has 0 radical (unpaired) electrons. The first-order valence-electron chi connectivity index (χ1n) is 20.6. The van der Waals surface area contributed by atoms with Crippen LogP contribution in [0.1, 0.15) is 103 Å². The second-order valence-electron chi connectivity index (χ2n) is 14.1. The summed E-state index contributed by atoms with van der Waals surface area (Å²) < 4.78 is 9.16. The Labute approximate surface area is 343 Å². The van der Waals surface area contributed by atoms with Crippen LogP contribution in [-0.2, 0) is 45.0 Å². The molecule has 1 aliphatic carbocycles. The van der Waals surface area contributed by atoms with Crippen molar-refractivity contribution in [3.05, 3.63) is 71.6 Å². The van der Waals surface area contributed by atoms with E-state index in [1.807, 2.05) is 20.0 Å². The normalized spacial score (nSPS) is 11.4. The van der Waals surface area contributed by atoms with E-state index in [4.69, 9.17) is 0 Å². The van der Waals surface area contributed by atoms with Gasteiger partial charge in [-0.25, -0.2) is 19.6 Å². The van der Waals surface area contributed by atoms with Crippen molar-refractivity contribution in [2.24, 2.45) is 0 Å². The van der Waals surface area contributed by atoms with Crippen LogP contribution in [0.3, 0.4) is 0 Å². The van der Waals surface area contributed by atoms with Crippen LogP contribution in [0.2, 0.25) is 0 Å². The Hall–Kier alpha value is -5.66. The molecule has 1 aliphatic rings. The highest BCUT2D eigenvalue weighted by atomic mass is 16.5. The number of carbonyl (C=O) groups is 4. The van der Waals surface area contributed by atoms with Gasteiger partial charge in [-0.3, -0.25) is 9.59 Å². The highest BCUT2D eigenvalue weighted by molar-refractivity contribution is 5.83. The van der Waals surface area contributed by atoms with Gasteiger partial charge in [0.25, 0.3) is 0 Å². The number of nitrogens with zero attached hydrogens (tertiary/aromatic N) is 4. The number of alkyl carbamates (subject to hydrolysis) is 2. The standard InChI is InChI=1S/C38H48N8O6.2C3H8/c1-5-17-45(35(47)21-41-37(49)51-3)23-33-39-19-31(43-33)26-13-11-25(12-14-26)27-15-16-30(29-10-8-7-9-28(27)29)32-20-40-34(44-32)24-46(18-6-2)36(48)22-42-38(50)52-4;2*1-3-2/h11-16,19-20H,5-10,17-18,21-24H2,1-4H3,(H,39,43)(H,40,44)(H,41,49)(H,42,50);2*3H2,1-2H3. The Morgan fingerprint density at radius 1 is 0.621 bits per heavy atom. The summed E-state index contributed by atoms with van der Waals surface area (Å²) in [6, 6.07) is 12.8. The van der Waals surface area contributed by atoms with Gasteiger partial charge in [0.05, 0.1) is 51.1 Å². The predicted octanol–water partition coefficient (Wildman–Crippen LogP) is 8.03. The summed E-state index contributed by atoms with van der Waals surface area (Å²) >= 11 is 0. The topological polar surface area (TPSA) is 175 Å². The average molecular weight is 801 g/mol. The van der Waals surface area contributed by atoms with Crippen LogP contribution in [0.15, 0.2) is 48.8 Å². The van der Waals surface area contributed by atoms with E-state index in [9.17, 15) is 19.2 Å². The molecule has 0 aliphatic heterocycles. The molecule has 58 heavy (non-hydrogen) atoms. The number of hydrogen-bond donors (Lipinski definition) is 4. The molecule has 4 N–H and O–H groups in total. The van der Waals surface area contributed by atoms with Gasteiger partial charge in [-0.2, -0.15) is 0 Å². The Kier molecular flexibility index (Phi) is 20.0. The molecule has 0 fully saturated rings. The zero-order chi connectivity index (χ0) is 42.5. The van der Waals surface area contributed by atoms with Crippen molar-refractivity contribution in [1.29, 1.82) is 0 Å². The lowest BCUT2D eigenvalue weighted by atomic mass is 9.82. The molecule has 0 unspecified atom stereocenters. The maximum atomic E-state index is 12.8. The van der Waals surface area contributed by atoms with Crippen LogP contribution in [0.25, 0.3) is 33.6 Å². The van der Waals surface area contributed by atoms with Crippen LogP contribution >= 0.6 is 0 Å². The fourth-order valence-corrected chi connectivity index (χ4v) is 6.54. The minimum atomic E-state index is -0.647. The van der Waals surface area contributed by atoms with E-state index in [1.54, 1.807) is 16.0 Å². The highest BCUT2D eigenvalue weighted by Crippen LogP contribution is 2.38.